The van der Waals surface area contributed by atoms with Gasteiger partial charge in [-0.25, -0.2) is 0 Å². The van der Waals surface area contributed by atoms with E-state index in [4.69, 9.17) is 19.0 Å². The fourth-order valence-corrected chi connectivity index (χ4v) is 2.11. The summed E-state index contributed by atoms with van der Waals surface area (Å²) in [5.74, 6) is 1.38. The van der Waals surface area contributed by atoms with Crippen molar-refractivity contribution in [1.82, 2.24) is 0 Å². The molecule has 0 aliphatic rings. The Hall–Kier alpha value is -2.57. The van der Waals surface area contributed by atoms with Gasteiger partial charge >= 0.3 is 0 Å². The molecule has 0 fully saturated rings. The lowest BCUT2D eigenvalue weighted by Gasteiger charge is -2.12. The van der Waals surface area contributed by atoms with Gasteiger partial charge in [0.1, 0.15) is 29.6 Å². The van der Waals surface area contributed by atoms with E-state index in [1.807, 2.05) is 0 Å². The molecule has 6 heteroatoms. The monoisotopic (exact) mass is 318 g/mol. The average Bonchev–Trinajstić information content (AvgIpc) is 3.06. The second-order valence-corrected chi connectivity index (χ2v) is 4.68. The lowest BCUT2D eigenvalue weighted by Crippen LogP contribution is -2.02. The maximum absolute atomic E-state index is 12.3. The van der Waals surface area contributed by atoms with Crippen molar-refractivity contribution in [1.29, 1.82) is 0 Å². The van der Waals surface area contributed by atoms with Gasteiger partial charge in [0.2, 0.25) is 0 Å². The predicted octanol–water partition coefficient (Wildman–Crippen LogP) is 2.18. The smallest absolute Gasteiger partial charge is 0.186 e. The number of aliphatic hydroxyl groups is 2. The molecule has 0 spiro atoms. The van der Waals surface area contributed by atoms with Crippen molar-refractivity contribution in [3.63, 3.8) is 0 Å². The number of hydrogen-bond acceptors (Lipinski definition) is 6. The lowest BCUT2D eigenvalue weighted by molar-refractivity contribution is 0.104. The van der Waals surface area contributed by atoms with Crippen LogP contribution >= 0.6 is 0 Å². The topological polar surface area (TPSA) is 89.1 Å². The molecular formula is C17H18O6. The molecule has 0 bridgehead atoms. The van der Waals surface area contributed by atoms with Crippen LogP contribution in [-0.2, 0) is 13.2 Å². The van der Waals surface area contributed by atoms with Crippen LogP contribution < -0.4 is 9.47 Å². The Morgan fingerprint density at radius 1 is 1.13 bits per heavy atom. The van der Waals surface area contributed by atoms with Gasteiger partial charge in [0.05, 0.1) is 26.4 Å². The lowest BCUT2D eigenvalue weighted by atomic mass is 10.1. The van der Waals surface area contributed by atoms with E-state index < -0.39 is 0 Å². The van der Waals surface area contributed by atoms with E-state index in [1.165, 1.54) is 26.4 Å². The molecule has 0 aliphatic carbocycles. The molecule has 2 aromatic rings. The molecule has 0 radical (unpaired) electrons. The van der Waals surface area contributed by atoms with Crippen molar-refractivity contribution >= 4 is 11.9 Å². The third kappa shape index (κ3) is 3.80. The maximum atomic E-state index is 12.3. The number of hydrogen-bond donors (Lipinski definition) is 2. The van der Waals surface area contributed by atoms with Gasteiger partial charge in [-0.15, -0.1) is 0 Å². The Labute approximate surface area is 133 Å². The number of carbonyl (C=O) groups excluding carboxylic acids is 1. The van der Waals surface area contributed by atoms with Crippen LogP contribution in [0.5, 0.6) is 11.5 Å². The zero-order valence-corrected chi connectivity index (χ0v) is 12.9. The number of aliphatic hydroxyl groups excluding tert-OH is 2. The maximum Gasteiger partial charge on any atom is 0.186 e. The molecule has 2 N–H and O–H groups in total. The number of methoxy groups -OCH3 is 2. The second-order valence-electron chi connectivity index (χ2n) is 4.68. The first-order valence-electron chi connectivity index (χ1n) is 6.90. The normalized spacial score (nSPS) is 11.0. The molecule has 6 nitrogen and oxygen atoms in total. The Balaban J connectivity index is 2.28. The summed E-state index contributed by atoms with van der Waals surface area (Å²) in [6.45, 7) is -0.453. The quantitative estimate of drug-likeness (QED) is 0.601. The van der Waals surface area contributed by atoms with Crippen LogP contribution in [-0.4, -0.2) is 30.2 Å². The number of carbonyl (C=O) groups is 1. The highest BCUT2D eigenvalue weighted by atomic mass is 16.5. The molecule has 0 saturated carbocycles. The fraction of sp³-hybridized carbons (Fsp3) is 0.235. The first kappa shape index (κ1) is 16.8. The van der Waals surface area contributed by atoms with Crippen molar-refractivity contribution in [2.45, 2.75) is 13.2 Å². The Bertz CT molecular complexity index is 689. The first-order valence-corrected chi connectivity index (χ1v) is 6.90. The van der Waals surface area contributed by atoms with Gasteiger partial charge in [-0.3, -0.25) is 4.79 Å². The van der Waals surface area contributed by atoms with Crippen molar-refractivity contribution in [2.75, 3.05) is 14.2 Å². The van der Waals surface area contributed by atoms with Crippen LogP contribution in [0.2, 0.25) is 0 Å². The van der Waals surface area contributed by atoms with Gasteiger partial charge in [-0.05, 0) is 36.4 Å². The molecule has 0 unspecified atom stereocenters. The Morgan fingerprint density at radius 3 is 2.26 bits per heavy atom. The van der Waals surface area contributed by atoms with E-state index in [-0.39, 0.29) is 19.0 Å². The van der Waals surface area contributed by atoms with Crippen LogP contribution in [0.3, 0.4) is 0 Å². The highest BCUT2D eigenvalue weighted by molar-refractivity contribution is 6.07. The first-order chi connectivity index (χ1) is 11.1. The molecule has 23 heavy (non-hydrogen) atoms. The molecule has 1 aromatic carbocycles. The summed E-state index contributed by atoms with van der Waals surface area (Å²) in [6.07, 6.45) is 2.87. The standard InChI is InChI=1S/C17H18O6/c1-21-16-7-11(8-17(22-2)14(16)10-19)15(20)6-5-12-3-4-13(9-18)23-12/h3-8,18-19H,9-10H2,1-2H3. The third-order valence-electron chi connectivity index (χ3n) is 3.29. The zero-order chi connectivity index (χ0) is 16.8. The number of rotatable bonds is 7. The van der Waals surface area contributed by atoms with Gasteiger partial charge in [0, 0.05) is 5.56 Å². The summed E-state index contributed by atoms with van der Waals surface area (Å²) in [6, 6.07) is 6.38. The summed E-state index contributed by atoms with van der Waals surface area (Å²) in [5.41, 5.74) is 0.843. The van der Waals surface area contributed by atoms with Crippen LogP contribution in [0.4, 0.5) is 0 Å². The fourth-order valence-electron chi connectivity index (χ4n) is 2.11. The van der Waals surface area contributed by atoms with E-state index in [0.717, 1.165) is 0 Å². The van der Waals surface area contributed by atoms with Crippen LogP contribution in [0, 0.1) is 0 Å². The molecule has 2 rings (SSSR count). The molecular weight excluding hydrogens is 300 g/mol. The zero-order valence-electron chi connectivity index (χ0n) is 12.9. The molecule has 1 aromatic heterocycles. The van der Waals surface area contributed by atoms with Gasteiger partial charge < -0.3 is 24.1 Å². The van der Waals surface area contributed by atoms with E-state index in [1.54, 1.807) is 24.3 Å². The molecule has 0 atom stereocenters. The van der Waals surface area contributed by atoms with Crippen molar-refractivity contribution in [3.8, 4) is 11.5 Å². The van der Waals surface area contributed by atoms with Gasteiger partial charge in [-0.2, -0.15) is 0 Å². The summed E-state index contributed by atoms with van der Waals surface area (Å²) in [5, 5.41) is 18.3. The number of benzene rings is 1. The van der Waals surface area contributed by atoms with E-state index >= 15 is 0 Å². The minimum atomic E-state index is -0.270. The van der Waals surface area contributed by atoms with E-state index in [2.05, 4.69) is 0 Å². The van der Waals surface area contributed by atoms with Crippen molar-refractivity contribution in [3.05, 3.63) is 53.0 Å². The van der Waals surface area contributed by atoms with E-state index in [9.17, 15) is 9.90 Å². The van der Waals surface area contributed by atoms with Gasteiger partial charge in [-0.1, -0.05) is 0 Å². The number of furan rings is 1. The Kier molecular flexibility index (Phi) is 5.56. The molecule has 0 amide bonds. The summed E-state index contributed by atoms with van der Waals surface area (Å²) >= 11 is 0. The number of ketones is 1. The van der Waals surface area contributed by atoms with Crippen LogP contribution in [0.25, 0.3) is 6.08 Å². The third-order valence-corrected chi connectivity index (χ3v) is 3.29. The minimum Gasteiger partial charge on any atom is -0.496 e. The number of ether oxygens (including phenoxy) is 2. The van der Waals surface area contributed by atoms with Crippen molar-refractivity contribution in [2.24, 2.45) is 0 Å². The largest absolute Gasteiger partial charge is 0.496 e. The van der Waals surface area contributed by atoms with Gasteiger partial charge in [0.15, 0.2) is 5.78 Å². The number of allylic oxidation sites excluding steroid dienone is 1. The van der Waals surface area contributed by atoms with Crippen LogP contribution in [0.15, 0.2) is 34.8 Å². The molecule has 0 aliphatic heterocycles. The van der Waals surface area contributed by atoms with Crippen LogP contribution in [0.1, 0.15) is 27.4 Å². The predicted molar refractivity (Wildman–Crippen MR) is 83.5 cm³/mol. The SMILES string of the molecule is COc1cc(C(=O)C=Cc2ccc(CO)o2)cc(OC)c1CO. The summed E-state index contributed by atoms with van der Waals surface area (Å²) < 4.78 is 15.6. The Morgan fingerprint density at radius 2 is 1.78 bits per heavy atom. The molecule has 1 heterocycles. The highest BCUT2D eigenvalue weighted by Crippen LogP contribution is 2.31. The van der Waals surface area contributed by atoms with E-state index in [0.29, 0.717) is 34.1 Å². The van der Waals surface area contributed by atoms with Gasteiger partial charge in [0.25, 0.3) is 0 Å². The summed E-state index contributed by atoms with van der Waals surface area (Å²) in [4.78, 5) is 12.3. The minimum absolute atomic E-state index is 0.196. The summed E-state index contributed by atoms with van der Waals surface area (Å²) in [7, 11) is 2.91. The second kappa shape index (κ2) is 7.62. The molecule has 0 saturated heterocycles. The average molecular weight is 318 g/mol. The highest BCUT2D eigenvalue weighted by Gasteiger charge is 2.14. The van der Waals surface area contributed by atoms with Crippen molar-refractivity contribution < 1.29 is 28.9 Å². The molecule has 122 valence electrons.